The third kappa shape index (κ3) is 2.81. The molecule has 3 aromatic rings. The van der Waals surface area contributed by atoms with Gasteiger partial charge in [0, 0.05) is 22.9 Å². The number of benzene rings is 1. The SMILES string of the molecule is Cc1n[nH]c(C)c1C(C)C(=O)Nc1ccc2nc(C3CCC3)[nH]c2c1. The minimum absolute atomic E-state index is 0.0364. The molecular formula is C19H23N5O. The molecule has 130 valence electrons. The molecule has 0 aliphatic heterocycles. The molecule has 1 unspecified atom stereocenters. The summed E-state index contributed by atoms with van der Waals surface area (Å²) in [7, 11) is 0. The van der Waals surface area contributed by atoms with Gasteiger partial charge in [0.25, 0.3) is 0 Å². The number of amides is 1. The largest absolute Gasteiger partial charge is 0.342 e. The number of aromatic nitrogens is 4. The van der Waals surface area contributed by atoms with E-state index in [1.165, 1.54) is 19.3 Å². The molecule has 4 rings (SSSR count). The summed E-state index contributed by atoms with van der Waals surface area (Å²) < 4.78 is 0. The Hall–Kier alpha value is -2.63. The highest BCUT2D eigenvalue weighted by Crippen LogP contribution is 2.35. The lowest BCUT2D eigenvalue weighted by Crippen LogP contribution is -2.19. The smallest absolute Gasteiger partial charge is 0.231 e. The van der Waals surface area contributed by atoms with Crippen LogP contribution >= 0.6 is 0 Å². The van der Waals surface area contributed by atoms with Crippen molar-refractivity contribution in [2.75, 3.05) is 5.32 Å². The first kappa shape index (κ1) is 15.9. The summed E-state index contributed by atoms with van der Waals surface area (Å²) in [5, 5.41) is 10.1. The van der Waals surface area contributed by atoms with Crippen molar-refractivity contribution in [2.45, 2.75) is 51.9 Å². The van der Waals surface area contributed by atoms with Crippen LogP contribution in [-0.4, -0.2) is 26.1 Å². The summed E-state index contributed by atoms with van der Waals surface area (Å²) in [5.74, 6) is 1.34. The molecule has 25 heavy (non-hydrogen) atoms. The van der Waals surface area contributed by atoms with Crippen LogP contribution in [0, 0.1) is 13.8 Å². The van der Waals surface area contributed by atoms with E-state index in [-0.39, 0.29) is 11.8 Å². The maximum Gasteiger partial charge on any atom is 0.231 e. The summed E-state index contributed by atoms with van der Waals surface area (Å²) in [5.41, 5.74) is 5.49. The fraction of sp³-hybridized carbons (Fsp3) is 0.421. The van der Waals surface area contributed by atoms with Crippen LogP contribution in [0.3, 0.4) is 0 Å². The highest BCUT2D eigenvalue weighted by atomic mass is 16.1. The zero-order valence-electron chi connectivity index (χ0n) is 14.8. The predicted molar refractivity (Wildman–Crippen MR) is 97.8 cm³/mol. The van der Waals surface area contributed by atoms with Crippen LogP contribution in [0.2, 0.25) is 0 Å². The number of imidazole rings is 1. The lowest BCUT2D eigenvalue weighted by Gasteiger charge is -2.22. The van der Waals surface area contributed by atoms with Gasteiger partial charge in [0.05, 0.1) is 22.6 Å². The molecule has 2 heterocycles. The third-order valence-corrected chi connectivity index (χ3v) is 5.27. The molecule has 2 aromatic heterocycles. The van der Waals surface area contributed by atoms with Crippen LogP contribution in [-0.2, 0) is 4.79 Å². The molecule has 6 heteroatoms. The topological polar surface area (TPSA) is 86.5 Å². The van der Waals surface area contributed by atoms with Crippen molar-refractivity contribution in [1.82, 2.24) is 20.2 Å². The van der Waals surface area contributed by atoms with E-state index < -0.39 is 0 Å². The second-order valence-corrected chi connectivity index (χ2v) is 7.04. The quantitative estimate of drug-likeness (QED) is 0.674. The van der Waals surface area contributed by atoms with Gasteiger partial charge in [-0.1, -0.05) is 6.42 Å². The molecule has 6 nitrogen and oxygen atoms in total. The Kier molecular flexibility index (Phi) is 3.82. The molecule has 1 saturated carbocycles. The molecule has 3 N–H and O–H groups in total. The van der Waals surface area contributed by atoms with E-state index in [9.17, 15) is 4.79 Å². The Balaban J connectivity index is 1.54. The molecule has 1 aliphatic rings. The van der Waals surface area contributed by atoms with Gasteiger partial charge in [-0.15, -0.1) is 0 Å². The van der Waals surface area contributed by atoms with Crippen molar-refractivity contribution in [2.24, 2.45) is 0 Å². The van der Waals surface area contributed by atoms with Crippen molar-refractivity contribution < 1.29 is 4.79 Å². The molecule has 0 saturated heterocycles. The molecule has 1 atom stereocenters. The minimum Gasteiger partial charge on any atom is -0.342 e. The van der Waals surface area contributed by atoms with Crippen molar-refractivity contribution in [1.29, 1.82) is 0 Å². The number of H-pyrrole nitrogens is 2. The van der Waals surface area contributed by atoms with Crippen LogP contribution in [0.1, 0.15) is 60.8 Å². The summed E-state index contributed by atoms with van der Waals surface area (Å²) in [6.45, 7) is 5.77. The van der Waals surface area contributed by atoms with Gasteiger partial charge in [-0.3, -0.25) is 9.89 Å². The van der Waals surface area contributed by atoms with E-state index in [1.54, 1.807) is 0 Å². The van der Waals surface area contributed by atoms with E-state index in [0.717, 1.165) is 39.5 Å². The van der Waals surface area contributed by atoms with Crippen LogP contribution in [0.25, 0.3) is 11.0 Å². The standard InChI is InChI=1S/C19H23N5O/c1-10(17-11(2)23-24-12(17)3)19(25)20-14-7-8-15-16(9-14)22-18(21-15)13-5-4-6-13/h7-10,13H,4-6H2,1-3H3,(H,20,25)(H,21,22)(H,23,24). The van der Waals surface area contributed by atoms with Gasteiger partial charge >= 0.3 is 0 Å². The molecule has 1 amide bonds. The van der Waals surface area contributed by atoms with E-state index >= 15 is 0 Å². The molecule has 1 aromatic carbocycles. The maximum absolute atomic E-state index is 12.6. The number of hydrogen-bond acceptors (Lipinski definition) is 3. The van der Waals surface area contributed by atoms with E-state index in [4.69, 9.17) is 0 Å². The molecular weight excluding hydrogens is 314 g/mol. The normalized spacial score (nSPS) is 16.0. The number of aromatic amines is 2. The Morgan fingerprint density at radius 1 is 1.32 bits per heavy atom. The monoisotopic (exact) mass is 337 g/mol. The van der Waals surface area contributed by atoms with Crippen LogP contribution < -0.4 is 5.32 Å². The number of hydrogen-bond donors (Lipinski definition) is 3. The third-order valence-electron chi connectivity index (χ3n) is 5.27. The minimum atomic E-state index is -0.262. The zero-order valence-corrected chi connectivity index (χ0v) is 14.8. The van der Waals surface area contributed by atoms with E-state index in [1.807, 2.05) is 39.0 Å². The van der Waals surface area contributed by atoms with E-state index in [0.29, 0.717) is 5.92 Å². The number of anilines is 1. The Morgan fingerprint density at radius 2 is 2.12 bits per heavy atom. The Bertz CT molecular complexity index is 915. The average molecular weight is 337 g/mol. The molecule has 1 fully saturated rings. The zero-order chi connectivity index (χ0) is 17.6. The lowest BCUT2D eigenvalue weighted by atomic mass is 9.85. The number of nitrogens with one attached hydrogen (secondary N) is 3. The van der Waals surface area contributed by atoms with Gasteiger partial charge in [0.15, 0.2) is 0 Å². The van der Waals surface area contributed by atoms with Crippen molar-refractivity contribution >= 4 is 22.6 Å². The summed E-state index contributed by atoms with van der Waals surface area (Å²) in [6.07, 6.45) is 3.71. The highest BCUT2D eigenvalue weighted by Gasteiger charge is 2.23. The van der Waals surface area contributed by atoms with Crippen molar-refractivity contribution in [3.05, 3.63) is 41.0 Å². The molecule has 1 aliphatic carbocycles. The maximum atomic E-state index is 12.6. The average Bonchev–Trinajstić information content (AvgIpc) is 3.07. The van der Waals surface area contributed by atoms with Crippen molar-refractivity contribution in [3.63, 3.8) is 0 Å². The van der Waals surface area contributed by atoms with Gasteiger partial charge in [-0.05, 0) is 51.8 Å². The second-order valence-electron chi connectivity index (χ2n) is 7.04. The fourth-order valence-electron chi connectivity index (χ4n) is 3.56. The fourth-order valence-corrected chi connectivity index (χ4v) is 3.56. The van der Waals surface area contributed by atoms with Crippen molar-refractivity contribution in [3.8, 4) is 0 Å². The summed E-state index contributed by atoms with van der Waals surface area (Å²) >= 11 is 0. The molecule has 0 spiro atoms. The van der Waals surface area contributed by atoms with Gasteiger partial charge in [0.1, 0.15) is 5.82 Å². The van der Waals surface area contributed by atoms with Gasteiger partial charge in [-0.25, -0.2) is 4.98 Å². The van der Waals surface area contributed by atoms with Gasteiger partial charge in [-0.2, -0.15) is 5.10 Å². The van der Waals surface area contributed by atoms with Crippen LogP contribution in [0.15, 0.2) is 18.2 Å². The number of fused-ring (bicyclic) bond motifs is 1. The lowest BCUT2D eigenvalue weighted by molar-refractivity contribution is -0.117. The first-order chi connectivity index (χ1) is 12.0. The summed E-state index contributed by atoms with van der Waals surface area (Å²) in [4.78, 5) is 20.7. The van der Waals surface area contributed by atoms with Gasteiger partial charge in [0.2, 0.25) is 5.91 Å². The van der Waals surface area contributed by atoms with Crippen LogP contribution in [0.5, 0.6) is 0 Å². The Morgan fingerprint density at radius 3 is 2.76 bits per heavy atom. The number of carbonyl (C=O) groups is 1. The molecule has 0 bridgehead atoms. The highest BCUT2D eigenvalue weighted by molar-refractivity contribution is 5.97. The van der Waals surface area contributed by atoms with E-state index in [2.05, 4.69) is 25.5 Å². The van der Waals surface area contributed by atoms with Gasteiger partial charge < -0.3 is 10.3 Å². The number of nitrogens with zero attached hydrogens (tertiary/aromatic N) is 2. The number of rotatable bonds is 4. The number of carbonyl (C=O) groups excluding carboxylic acids is 1. The number of aryl methyl sites for hydroxylation is 2. The van der Waals surface area contributed by atoms with Crippen LogP contribution in [0.4, 0.5) is 5.69 Å². The first-order valence-corrected chi connectivity index (χ1v) is 8.85. The Labute approximate surface area is 146 Å². The molecule has 0 radical (unpaired) electrons. The second kappa shape index (κ2) is 6.02. The predicted octanol–water partition coefficient (Wildman–Crippen LogP) is 3.91. The summed E-state index contributed by atoms with van der Waals surface area (Å²) in [6, 6.07) is 5.83. The first-order valence-electron chi connectivity index (χ1n) is 8.85.